The van der Waals surface area contributed by atoms with Crippen LogP contribution in [0, 0.1) is 5.92 Å². The van der Waals surface area contributed by atoms with E-state index in [4.69, 9.17) is 4.74 Å². The standard InChI is InChI=1S/C15H18F3N3O3/c1-2-24-14-10(4-3-5-19-14)7-20-13(23)11-6-12(22)21(8-11)9-15(16,17)18/h3-5,11H,2,6-9H2,1H3,(H,20,23)/t11-/m1/s1. The van der Waals surface area contributed by atoms with Crippen molar-refractivity contribution in [1.29, 1.82) is 0 Å². The van der Waals surface area contributed by atoms with E-state index >= 15 is 0 Å². The van der Waals surface area contributed by atoms with Gasteiger partial charge >= 0.3 is 6.18 Å². The average Bonchev–Trinajstić information content (AvgIpc) is 2.85. The molecule has 0 aliphatic carbocycles. The number of nitrogens with one attached hydrogen (secondary N) is 1. The lowest BCUT2D eigenvalue weighted by molar-refractivity contribution is -0.157. The summed E-state index contributed by atoms with van der Waals surface area (Å²) >= 11 is 0. The molecule has 1 aromatic heterocycles. The smallest absolute Gasteiger partial charge is 0.406 e. The van der Waals surface area contributed by atoms with E-state index in [1.807, 2.05) is 0 Å². The van der Waals surface area contributed by atoms with E-state index in [2.05, 4.69) is 10.3 Å². The molecule has 24 heavy (non-hydrogen) atoms. The first-order valence-corrected chi connectivity index (χ1v) is 7.49. The SMILES string of the molecule is CCOc1ncccc1CNC(=O)[C@@H]1CC(=O)N(CC(F)(F)F)C1. The summed E-state index contributed by atoms with van der Waals surface area (Å²) < 4.78 is 42.5. The Morgan fingerprint density at radius 2 is 2.25 bits per heavy atom. The Balaban J connectivity index is 1.91. The highest BCUT2D eigenvalue weighted by molar-refractivity contribution is 5.89. The third-order valence-corrected chi connectivity index (χ3v) is 3.54. The maximum absolute atomic E-state index is 12.4. The molecule has 2 heterocycles. The van der Waals surface area contributed by atoms with E-state index in [-0.39, 0.29) is 19.5 Å². The number of halogens is 3. The Labute approximate surface area is 137 Å². The fraction of sp³-hybridized carbons (Fsp3) is 0.533. The van der Waals surface area contributed by atoms with Gasteiger partial charge in [0.2, 0.25) is 17.7 Å². The summed E-state index contributed by atoms with van der Waals surface area (Å²) in [5, 5.41) is 2.62. The summed E-state index contributed by atoms with van der Waals surface area (Å²) in [6.07, 6.45) is -3.13. The summed E-state index contributed by atoms with van der Waals surface area (Å²) in [5.41, 5.74) is 0.657. The van der Waals surface area contributed by atoms with Crippen LogP contribution in [0.25, 0.3) is 0 Å². The average molecular weight is 345 g/mol. The minimum Gasteiger partial charge on any atom is -0.478 e. The zero-order chi connectivity index (χ0) is 17.7. The molecule has 6 nitrogen and oxygen atoms in total. The number of carbonyl (C=O) groups excluding carboxylic acids is 2. The highest BCUT2D eigenvalue weighted by atomic mass is 19.4. The number of nitrogens with zero attached hydrogens (tertiary/aromatic N) is 2. The molecule has 1 saturated heterocycles. The minimum atomic E-state index is -4.47. The van der Waals surface area contributed by atoms with Gasteiger partial charge in [-0.2, -0.15) is 13.2 Å². The molecule has 1 fully saturated rings. The van der Waals surface area contributed by atoms with Crippen molar-refractivity contribution < 1.29 is 27.5 Å². The van der Waals surface area contributed by atoms with Gasteiger partial charge in [0.05, 0.1) is 12.5 Å². The molecule has 132 valence electrons. The van der Waals surface area contributed by atoms with Crippen LogP contribution in [0.1, 0.15) is 18.9 Å². The van der Waals surface area contributed by atoms with Gasteiger partial charge in [0.15, 0.2) is 0 Å². The largest absolute Gasteiger partial charge is 0.478 e. The molecule has 0 bridgehead atoms. The lowest BCUT2D eigenvalue weighted by atomic mass is 10.1. The molecule has 0 saturated carbocycles. The third kappa shape index (κ3) is 4.84. The van der Waals surface area contributed by atoms with E-state index in [9.17, 15) is 22.8 Å². The van der Waals surface area contributed by atoms with Crippen molar-refractivity contribution in [3.63, 3.8) is 0 Å². The minimum absolute atomic E-state index is 0.131. The molecule has 0 unspecified atom stereocenters. The second kappa shape index (κ2) is 7.50. The van der Waals surface area contributed by atoms with Crippen LogP contribution >= 0.6 is 0 Å². The van der Waals surface area contributed by atoms with Crippen molar-refractivity contribution in [2.75, 3.05) is 19.7 Å². The van der Waals surface area contributed by atoms with Gasteiger partial charge in [0.1, 0.15) is 6.54 Å². The number of carbonyl (C=O) groups is 2. The Morgan fingerprint density at radius 1 is 1.50 bits per heavy atom. The van der Waals surface area contributed by atoms with Crippen LogP contribution in [0.4, 0.5) is 13.2 Å². The zero-order valence-corrected chi connectivity index (χ0v) is 13.1. The fourth-order valence-electron chi connectivity index (χ4n) is 2.47. The summed E-state index contributed by atoms with van der Waals surface area (Å²) in [5.74, 6) is -1.52. The Kier molecular flexibility index (Phi) is 5.63. The zero-order valence-electron chi connectivity index (χ0n) is 13.1. The van der Waals surface area contributed by atoms with Gasteiger partial charge in [0, 0.05) is 31.3 Å². The molecular formula is C15H18F3N3O3. The first-order chi connectivity index (χ1) is 11.3. The topological polar surface area (TPSA) is 71.5 Å². The number of hydrogen-bond acceptors (Lipinski definition) is 4. The summed E-state index contributed by atoms with van der Waals surface area (Å²) in [7, 11) is 0. The molecule has 1 aliphatic heterocycles. The van der Waals surface area contributed by atoms with Crippen LogP contribution in [0.3, 0.4) is 0 Å². The number of amides is 2. The third-order valence-electron chi connectivity index (χ3n) is 3.54. The number of alkyl halides is 3. The molecule has 0 aromatic carbocycles. The number of ether oxygens (including phenoxy) is 1. The fourth-order valence-corrected chi connectivity index (χ4v) is 2.47. The van der Waals surface area contributed by atoms with Crippen LogP contribution in [-0.2, 0) is 16.1 Å². The van der Waals surface area contributed by atoms with Crippen LogP contribution in [-0.4, -0.2) is 47.6 Å². The van der Waals surface area contributed by atoms with E-state index in [1.165, 1.54) is 0 Å². The second-order valence-electron chi connectivity index (χ2n) is 5.41. The molecule has 1 aromatic rings. The lowest BCUT2D eigenvalue weighted by Crippen LogP contribution is -2.37. The van der Waals surface area contributed by atoms with Gasteiger partial charge < -0.3 is 15.0 Å². The summed E-state index contributed by atoms with van der Waals surface area (Å²) in [6.45, 7) is 0.798. The maximum Gasteiger partial charge on any atom is 0.406 e. The van der Waals surface area contributed by atoms with E-state index < -0.39 is 30.5 Å². The van der Waals surface area contributed by atoms with Crippen LogP contribution in [0.15, 0.2) is 18.3 Å². The molecule has 1 N–H and O–H groups in total. The van der Waals surface area contributed by atoms with E-state index in [0.29, 0.717) is 23.0 Å². The second-order valence-corrected chi connectivity index (χ2v) is 5.41. The van der Waals surface area contributed by atoms with Crippen molar-refractivity contribution in [3.8, 4) is 5.88 Å². The number of hydrogen-bond donors (Lipinski definition) is 1. The quantitative estimate of drug-likeness (QED) is 0.848. The van der Waals surface area contributed by atoms with Crippen molar-refractivity contribution in [3.05, 3.63) is 23.9 Å². The molecule has 2 amide bonds. The summed E-state index contributed by atoms with van der Waals surface area (Å²) in [6, 6.07) is 3.42. The highest BCUT2D eigenvalue weighted by Crippen LogP contribution is 2.24. The first kappa shape index (κ1) is 18.0. The molecule has 1 atom stereocenters. The highest BCUT2D eigenvalue weighted by Gasteiger charge is 2.40. The number of aromatic nitrogens is 1. The van der Waals surface area contributed by atoms with Gasteiger partial charge in [0.25, 0.3) is 0 Å². The van der Waals surface area contributed by atoms with Gasteiger partial charge in [-0.3, -0.25) is 9.59 Å². The lowest BCUT2D eigenvalue weighted by Gasteiger charge is -2.18. The van der Waals surface area contributed by atoms with Crippen molar-refractivity contribution in [2.45, 2.75) is 26.1 Å². The molecule has 1 aliphatic rings. The van der Waals surface area contributed by atoms with Gasteiger partial charge in [-0.15, -0.1) is 0 Å². The number of pyridine rings is 1. The van der Waals surface area contributed by atoms with Crippen LogP contribution in [0.5, 0.6) is 5.88 Å². The first-order valence-electron chi connectivity index (χ1n) is 7.49. The predicted octanol–water partition coefficient (Wildman–Crippen LogP) is 1.51. The maximum atomic E-state index is 12.4. The normalized spacial score (nSPS) is 17.9. The van der Waals surface area contributed by atoms with Crippen molar-refractivity contribution in [1.82, 2.24) is 15.2 Å². The van der Waals surface area contributed by atoms with Crippen molar-refractivity contribution in [2.24, 2.45) is 5.92 Å². The molecule has 2 rings (SSSR count). The van der Waals surface area contributed by atoms with Gasteiger partial charge in [-0.05, 0) is 13.0 Å². The van der Waals surface area contributed by atoms with Crippen LogP contribution in [0.2, 0.25) is 0 Å². The Bertz CT molecular complexity index is 607. The Morgan fingerprint density at radius 3 is 2.92 bits per heavy atom. The summed E-state index contributed by atoms with van der Waals surface area (Å²) in [4.78, 5) is 28.4. The molecule has 0 spiro atoms. The molecular weight excluding hydrogens is 327 g/mol. The van der Waals surface area contributed by atoms with E-state index in [0.717, 1.165) is 0 Å². The molecule has 0 radical (unpaired) electrons. The Hall–Kier alpha value is -2.32. The monoisotopic (exact) mass is 345 g/mol. The van der Waals surface area contributed by atoms with Gasteiger partial charge in [-0.25, -0.2) is 4.98 Å². The number of likely N-dealkylation sites (tertiary alicyclic amines) is 1. The van der Waals surface area contributed by atoms with Crippen LogP contribution < -0.4 is 10.1 Å². The predicted molar refractivity (Wildman–Crippen MR) is 78.0 cm³/mol. The van der Waals surface area contributed by atoms with Crippen molar-refractivity contribution >= 4 is 11.8 Å². The molecule has 9 heteroatoms. The van der Waals surface area contributed by atoms with Gasteiger partial charge in [-0.1, -0.05) is 6.07 Å². The number of rotatable bonds is 6. The van der Waals surface area contributed by atoms with E-state index in [1.54, 1.807) is 25.3 Å².